The minimum atomic E-state index is -0.0549. The van der Waals surface area contributed by atoms with E-state index in [1.165, 1.54) is 11.1 Å². The highest BCUT2D eigenvalue weighted by Gasteiger charge is 2.22. The minimum absolute atomic E-state index is 0.0549. The summed E-state index contributed by atoms with van der Waals surface area (Å²) in [5.74, 6) is 0.668. The zero-order valence-electron chi connectivity index (χ0n) is 15.4. The van der Waals surface area contributed by atoms with Gasteiger partial charge in [-0.15, -0.1) is 0 Å². The number of piperazine rings is 1. The van der Waals surface area contributed by atoms with Crippen molar-refractivity contribution in [2.45, 2.75) is 13.8 Å². The number of nitrogens with one attached hydrogen (secondary N) is 1. The molecule has 1 fully saturated rings. The monoisotopic (exact) mass is 373 g/mol. The van der Waals surface area contributed by atoms with Gasteiger partial charge in [0.15, 0.2) is 0 Å². The minimum Gasteiger partial charge on any atom is -0.495 e. The Morgan fingerprint density at radius 1 is 1.04 bits per heavy atom. The summed E-state index contributed by atoms with van der Waals surface area (Å²) in [6.07, 6.45) is 0. The van der Waals surface area contributed by atoms with E-state index in [4.69, 9.17) is 16.3 Å². The van der Waals surface area contributed by atoms with Crippen LogP contribution in [0.2, 0.25) is 5.02 Å². The van der Waals surface area contributed by atoms with Gasteiger partial charge in [0, 0.05) is 37.6 Å². The Morgan fingerprint density at radius 3 is 2.38 bits per heavy atom. The number of anilines is 2. The lowest BCUT2D eigenvalue weighted by Gasteiger charge is -2.36. The molecule has 1 saturated heterocycles. The third-order valence-corrected chi connectivity index (χ3v) is 5.12. The summed E-state index contributed by atoms with van der Waals surface area (Å²) in [6.45, 7) is 6.97. The fourth-order valence-electron chi connectivity index (χ4n) is 3.04. The Labute approximate surface area is 159 Å². The van der Waals surface area contributed by atoms with Gasteiger partial charge in [-0.2, -0.15) is 0 Å². The molecule has 2 aromatic rings. The fraction of sp³-hybridized carbons (Fsp3) is 0.350. The van der Waals surface area contributed by atoms with Crippen molar-refractivity contribution in [2.24, 2.45) is 0 Å². The molecule has 5 nitrogen and oxygen atoms in total. The summed E-state index contributed by atoms with van der Waals surface area (Å²) < 4.78 is 5.20. The van der Waals surface area contributed by atoms with Gasteiger partial charge in [0.2, 0.25) is 0 Å². The molecule has 2 amide bonds. The number of hydrogen-bond donors (Lipinski definition) is 1. The van der Waals surface area contributed by atoms with Crippen LogP contribution in [0.15, 0.2) is 36.4 Å². The highest BCUT2D eigenvalue weighted by Crippen LogP contribution is 2.29. The van der Waals surface area contributed by atoms with Crippen LogP contribution in [0.25, 0.3) is 0 Å². The van der Waals surface area contributed by atoms with Crippen LogP contribution in [0.4, 0.5) is 16.2 Å². The first kappa shape index (κ1) is 18.4. The van der Waals surface area contributed by atoms with E-state index in [0.717, 1.165) is 24.5 Å². The topological polar surface area (TPSA) is 44.8 Å². The molecule has 0 bridgehead atoms. The van der Waals surface area contributed by atoms with E-state index in [2.05, 4.69) is 17.1 Å². The van der Waals surface area contributed by atoms with Crippen LogP contribution in [-0.2, 0) is 0 Å². The van der Waals surface area contributed by atoms with E-state index in [1.54, 1.807) is 7.11 Å². The second kappa shape index (κ2) is 7.87. The summed E-state index contributed by atoms with van der Waals surface area (Å²) in [5.41, 5.74) is 4.27. The number of aryl methyl sites for hydroxylation is 2. The van der Waals surface area contributed by atoms with Crippen molar-refractivity contribution in [2.75, 3.05) is 43.5 Å². The predicted octanol–water partition coefficient (Wildman–Crippen LogP) is 4.32. The van der Waals surface area contributed by atoms with Crippen molar-refractivity contribution in [3.8, 4) is 5.75 Å². The summed E-state index contributed by atoms with van der Waals surface area (Å²) in [5, 5.41) is 3.59. The Kier molecular flexibility index (Phi) is 5.57. The molecule has 1 aliphatic rings. The quantitative estimate of drug-likeness (QED) is 0.871. The van der Waals surface area contributed by atoms with Crippen molar-refractivity contribution < 1.29 is 9.53 Å². The largest absolute Gasteiger partial charge is 0.495 e. The molecule has 0 atom stereocenters. The highest BCUT2D eigenvalue weighted by atomic mass is 35.5. The van der Waals surface area contributed by atoms with E-state index in [9.17, 15) is 4.79 Å². The molecule has 26 heavy (non-hydrogen) atoms. The van der Waals surface area contributed by atoms with Gasteiger partial charge in [-0.1, -0.05) is 17.7 Å². The number of nitrogens with zero attached hydrogens (tertiary/aromatic N) is 2. The molecule has 0 spiro atoms. The molecule has 1 aliphatic heterocycles. The molecule has 1 heterocycles. The maximum atomic E-state index is 12.5. The molecule has 0 saturated carbocycles. The molecular weight excluding hydrogens is 350 g/mol. The van der Waals surface area contributed by atoms with E-state index in [1.807, 2.05) is 48.2 Å². The molecular formula is C20H24ClN3O2. The van der Waals surface area contributed by atoms with Gasteiger partial charge in [0.1, 0.15) is 5.75 Å². The Balaban J connectivity index is 1.58. The second-order valence-electron chi connectivity index (χ2n) is 6.52. The zero-order valence-corrected chi connectivity index (χ0v) is 16.1. The van der Waals surface area contributed by atoms with Crippen molar-refractivity contribution in [1.29, 1.82) is 0 Å². The third kappa shape index (κ3) is 4.05. The standard InChI is InChI=1S/C20H24ClN3O2/c1-14-4-5-16(12-15(14)2)22-20(25)24-10-8-23(9-11-24)17-6-7-19(26-3)18(21)13-17/h4-7,12-13H,8-11H2,1-3H3,(H,22,25). The lowest BCUT2D eigenvalue weighted by atomic mass is 10.1. The number of amides is 2. The van der Waals surface area contributed by atoms with E-state index < -0.39 is 0 Å². The lowest BCUT2D eigenvalue weighted by Crippen LogP contribution is -2.50. The van der Waals surface area contributed by atoms with E-state index >= 15 is 0 Å². The second-order valence-corrected chi connectivity index (χ2v) is 6.93. The van der Waals surface area contributed by atoms with Crippen molar-refractivity contribution in [3.05, 3.63) is 52.5 Å². The predicted molar refractivity (Wildman–Crippen MR) is 107 cm³/mol. The molecule has 6 heteroatoms. The number of urea groups is 1. The van der Waals surface area contributed by atoms with Gasteiger partial charge < -0.3 is 19.9 Å². The van der Waals surface area contributed by atoms with Crippen LogP contribution in [0, 0.1) is 13.8 Å². The first-order valence-corrected chi connectivity index (χ1v) is 9.07. The number of hydrogen-bond acceptors (Lipinski definition) is 3. The van der Waals surface area contributed by atoms with Gasteiger partial charge in [-0.05, 0) is 55.3 Å². The number of halogens is 1. The van der Waals surface area contributed by atoms with Crippen molar-refractivity contribution in [3.63, 3.8) is 0 Å². The number of rotatable bonds is 3. The summed E-state index contributed by atoms with van der Waals surface area (Å²) in [4.78, 5) is 16.6. The van der Waals surface area contributed by atoms with Gasteiger partial charge in [0.05, 0.1) is 12.1 Å². The van der Waals surface area contributed by atoms with Gasteiger partial charge in [-0.3, -0.25) is 0 Å². The van der Waals surface area contributed by atoms with Crippen molar-refractivity contribution >= 4 is 29.0 Å². The third-order valence-electron chi connectivity index (χ3n) is 4.83. The van der Waals surface area contributed by atoms with Crippen LogP contribution in [-0.4, -0.2) is 44.2 Å². The molecule has 0 radical (unpaired) electrons. The molecule has 0 aromatic heterocycles. The van der Waals surface area contributed by atoms with Crippen LogP contribution in [0.3, 0.4) is 0 Å². The first-order valence-electron chi connectivity index (χ1n) is 8.69. The number of carbonyl (C=O) groups is 1. The van der Waals surface area contributed by atoms with Crippen molar-refractivity contribution in [1.82, 2.24) is 4.90 Å². The number of methoxy groups -OCH3 is 1. The molecule has 138 valence electrons. The average Bonchev–Trinajstić information content (AvgIpc) is 2.65. The Bertz CT molecular complexity index is 802. The smallest absolute Gasteiger partial charge is 0.321 e. The molecule has 1 N–H and O–H groups in total. The van der Waals surface area contributed by atoms with Gasteiger partial charge in [-0.25, -0.2) is 4.79 Å². The summed E-state index contributed by atoms with van der Waals surface area (Å²) in [7, 11) is 1.60. The maximum Gasteiger partial charge on any atom is 0.321 e. The maximum absolute atomic E-state index is 12.5. The normalized spacial score (nSPS) is 14.3. The average molecular weight is 374 g/mol. The molecule has 0 aliphatic carbocycles. The Morgan fingerprint density at radius 2 is 1.77 bits per heavy atom. The van der Waals surface area contributed by atoms with Crippen LogP contribution in [0.1, 0.15) is 11.1 Å². The molecule has 0 unspecified atom stereocenters. The number of ether oxygens (including phenoxy) is 1. The fourth-order valence-corrected chi connectivity index (χ4v) is 3.29. The zero-order chi connectivity index (χ0) is 18.7. The number of carbonyl (C=O) groups excluding carboxylic acids is 1. The summed E-state index contributed by atoms with van der Waals surface area (Å²) >= 11 is 6.22. The molecule has 2 aromatic carbocycles. The van der Waals surface area contributed by atoms with Crippen LogP contribution in [0.5, 0.6) is 5.75 Å². The first-order chi connectivity index (χ1) is 12.5. The van der Waals surface area contributed by atoms with Crippen LogP contribution < -0.4 is 15.0 Å². The number of benzene rings is 2. The van der Waals surface area contributed by atoms with Gasteiger partial charge >= 0.3 is 6.03 Å². The SMILES string of the molecule is COc1ccc(N2CCN(C(=O)Nc3ccc(C)c(C)c3)CC2)cc1Cl. The van der Waals surface area contributed by atoms with Gasteiger partial charge in [0.25, 0.3) is 0 Å². The van der Waals surface area contributed by atoms with E-state index in [0.29, 0.717) is 23.9 Å². The summed E-state index contributed by atoms with van der Waals surface area (Å²) in [6, 6.07) is 11.7. The van der Waals surface area contributed by atoms with Crippen LogP contribution >= 0.6 is 11.6 Å². The van der Waals surface area contributed by atoms with E-state index in [-0.39, 0.29) is 6.03 Å². The molecule has 3 rings (SSSR count). The Hall–Kier alpha value is -2.40. The highest BCUT2D eigenvalue weighted by molar-refractivity contribution is 6.32. The lowest BCUT2D eigenvalue weighted by molar-refractivity contribution is 0.208.